The maximum Gasteiger partial charge on any atom is 0.160 e. The lowest BCUT2D eigenvalue weighted by Gasteiger charge is -2.14. The van der Waals surface area contributed by atoms with Gasteiger partial charge in [0, 0.05) is 16.7 Å². The molecule has 0 N–H and O–H groups in total. The number of allylic oxidation sites excluding steroid dienone is 2. The highest BCUT2D eigenvalue weighted by Gasteiger charge is 2.15. The van der Waals surface area contributed by atoms with Crippen molar-refractivity contribution in [2.24, 2.45) is 0 Å². The third kappa shape index (κ3) is 6.51. The fourth-order valence-electron chi connectivity index (χ4n) is 8.68. The molecule has 1 aliphatic rings. The van der Waals surface area contributed by atoms with E-state index in [1.165, 1.54) is 59.5 Å². The summed E-state index contributed by atoms with van der Waals surface area (Å²) >= 11 is 0. The average Bonchev–Trinajstić information content (AvgIpc) is 3.54. The van der Waals surface area contributed by atoms with Crippen LogP contribution in [-0.4, -0.2) is 9.97 Å². The van der Waals surface area contributed by atoms with Crippen LogP contribution in [0.2, 0.25) is 0 Å². The van der Waals surface area contributed by atoms with E-state index in [9.17, 15) is 0 Å². The Balaban J connectivity index is 1.06. The Labute approximate surface area is 343 Å². The molecule has 2 nitrogen and oxygen atoms in total. The standard InChI is InChI=1S/C57H38N2/c1-2-16-42-33-44(32-27-38(42)13-1)43-18-11-21-48(34-43)57-58-55(41-30-28-40(29-31-41)50-23-7-4-15-39-14-3-6-22-49(39)50)37-56(59-57)47-20-12-19-45(35-47)54-36-46-17-5-8-24-51(46)52-25-9-10-26-53(52)54/h1-3,5-37H,4H2. The summed E-state index contributed by atoms with van der Waals surface area (Å²) in [6.07, 6.45) is 7.72. The number of hydrogen-bond acceptors (Lipinski definition) is 2. The number of hydrogen-bond donors (Lipinski definition) is 0. The molecule has 0 spiro atoms. The van der Waals surface area contributed by atoms with Crippen LogP contribution in [0.15, 0.2) is 212 Å². The summed E-state index contributed by atoms with van der Waals surface area (Å²) in [4.78, 5) is 10.6. The van der Waals surface area contributed by atoms with Crippen LogP contribution < -0.4 is 10.4 Å². The van der Waals surface area contributed by atoms with E-state index in [0.29, 0.717) is 5.82 Å². The second-order valence-corrected chi connectivity index (χ2v) is 15.3. The molecule has 0 saturated carbocycles. The third-order valence-corrected chi connectivity index (χ3v) is 11.7. The van der Waals surface area contributed by atoms with Gasteiger partial charge in [-0.05, 0) is 113 Å². The molecule has 11 rings (SSSR count). The first kappa shape index (κ1) is 34.6. The van der Waals surface area contributed by atoms with Crippen LogP contribution in [-0.2, 0) is 0 Å². The molecule has 0 bridgehead atoms. The second kappa shape index (κ2) is 14.7. The van der Waals surface area contributed by atoms with Crippen LogP contribution in [0.5, 0.6) is 0 Å². The van der Waals surface area contributed by atoms with E-state index in [1.54, 1.807) is 0 Å². The Bertz CT molecular complexity index is 3410. The zero-order chi connectivity index (χ0) is 39.1. The van der Waals surface area contributed by atoms with Gasteiger partial charge in [0.05, 0.1) is 11.4 Å². The van der Waals surface area contributed by atoms with Crippen LogP contribution >= 0.6 is 0 Å². The maximum atomic E-state index is 5.33. The molecule has 1 heterocycles. The molecule has 1 aromatic heterocycles. The van der Waals surface area contributed by atoms with Gasteiger partial charge in [-0.2, -0.15) is 0 Å². The molecule has 0 aliphatic heterocycles. The Morgan fingerprint density at radius 2 is 0.966 bits per heavy atom. The molecule has 9 aromatic carbocycles. The number of fused-ring (bicyclic) bond motifs is 5. The smallest absolute Gasteiger partial charge is 0.160 e. The highest BCUT2D eigenvalue weighted by molar-refractivity contribution is 6.13. The lowest BCUT2D eigenvalue weighted by Crippen LogP contribution is -2.25. The largest absolute Gasteiger partial charge is 0.228 e. The first-order valence-electron chi connectivity index (χ1n) is 20.3. The van der Waals surface area contributed by atoms with Gasteiger partial charge in [-0.25, -0.2) is 9.97 Å². The van der Waals surface area contributed by atoms with Crippen molar-refractivity contribution in [3.63, 3.8) is 0 Å². The van der Waals surface area contributed by atoms with Crippen LogP contribution in [0.4, 0.5) is 0 Å². The van der Waals surface area contributed by atoms with E-state index >= 15 is 0 Å². The second-order valence-electron chi connectivity index (χ2n) is 15.3. The molecule has 276 valence electrons. The van der Waals surface area contributed by atoms with Gasteiger partial charge in [0.25, 0.3) is 0 Å². The highest BCUT2D eigenvalue weighted by atomic mass is 14.9. The van der Waals surface area contributed by atoms with Gasteiger partial charge in [0.15, 0.2) is 5.82 Å². The van der Waals surface area contributed by atoms with Gasteiger partial charge < -0.3 is 0 Å². The zero-order valence-corrected chi connectivity index (χ0v) is 32.4. The van der Waals surface area contributed by atoms with Crippen molar-refractivity contribution in [1.82, 2.24) is 9.97 Å². The minimum atomic E-state index is 0.691. The lowest BCUT2D eigenvalue weighted by molar-refractivity contribution is 1.18. The highest BCUT2D eigenvalue weighted by Crippen LogP contribution is 2.37. The van der Waals surface area contributed by atoms with Crippen molar-refractivity contribution in [2.45, 2.75) is 6.42 Å². The molecular formula is C57H38N2. The van der Waals surface area contributed by atoms with Crippen molar-refractivity contribution >= 4 is 44.0 Å². The van der Waals surface area contributed by atoms with E-state index < -0.39 is 0 Å². The molecule has 10 aromatic rings. The fraction of sp³-hybridized carbons (Fsp3) is 0.0175. The fourth-order valence-corrected chi connectivity index (χ4v) is 8.68. The van der Waals surface area contributed by atoms with Gasteiger partial charge in [-0.3, -0.25) is 0 Å². The van der Waals surface area contributed by atoms with E-state index in [2.05, 4.69) is 218 Å². The van der Waals surface area contributed by atoms with Crippen molar-refractivity contribution in [3.8, 4) is 56.2 Å². The molecule has 2 heteroatoms. The molecule has 0 fully saturated rings. The van der Waals surface area contributed by atoms with Crippen LogP contribution in [0.3, 0.4) is 0 Å². The summed E-state index contributed by atoms with van der Waals surface area (Å²) in [5, 5.41) is 9.96. The molecule has 0 atom stereocenters. The normalized spacial score (nSPS) is 12.4. The first-order valence-corrected chi connectivity index (χ1v) is 20.3. The monoisotopic (exact) mass is 750 g/mol. The van der Waals surface area contributed by atoms with Crippen molar-refractivity contribution in [3.05, 3.63) is 228 Å². The van der Waals surface area contributed by atoms with Crippen LogP contribution in [0.1, 0.15) is 12.0 Å². The van der Waals surface area contributed by atoms with Gasteiger partial charge in [0.2, 0.25) is 0 Å². The molecule has 0 saturated heterocycles. The van der Waals surface area contributed by atoms with Gasteiger partial charge in [0.1, 0.15) is 0 Å². The number of aromatic nitrogens is 2. The summed E-state index contributed by atoms with van der Waals surface area (Å²) in [6.45, 7) is 0. The number of rotatable bonds is 6. The topological polar surface area (TPSA) is 25.8 Å². The van der Waals surface area contributed by atoms with Gasteiger partial charge >= 0.3 is 0 Å². The van der Waals surface area contributed by atoms with Crippen LogP contribution in [0.25, 0.3) is 100 Å². The summed E-state index contributed by atoms with van der Waals surface area (Å²) < 4.78 is 0. The average molecular weight is 751 g/mol. The molecule has 0 radical (unpaired) electrons. The molecule has 1 aliphatic carbocycles. The van der Waals surface area contributed by atoms with Crippen molar-refractivity contribution in [1.29, 1.82) is 0 Å². The van der Waals surface area contributed by atoms with Crippen LogP contribution in [0, 0.1) is 0 Å². The predicted molar refractivity (Wildman–Crippen MR) is 248 cm³/mol. The Kier molecular flexibility index (Phi) is 8.60. The Hall–Kier alpha value is -7.68. The SMILES string of the molecule is C1=CC(c2ccc(-c3cc(-c4cccc(-c5cc6ccccc6c6ccccc56)c4)nc(-c4cccc(-c5ccc6ccccc6c5)c4)n3)cc2)=c2ccccc2=CC1. The van der Waals surface area contributed by atoms with E-state index in [-0.39, 0.29) is 0 Å². The van der Waals surface area contributed by atoms with Gasteiger partial charge in [-0.1, -0.05) is 188 Å². The molecule has 0 amide bonds. The quantitative estimate of drug-likeness (QED) is 0.158. The van der Waals surface area contributed by atoms with E-state index in [1.807, 2.05) is 0 Å². The van der Waals surface area contributed by atoms with Crippen molar-refractivity contribution in [2.75, 3.05) is 0 Å². The Morgan fingerprint density at radius 3 is 1.83 bits per heavy atom. The van der Waals surface area contributed by atoms with E-state index in [0.717, 1.165) is 51.2 Å². The zero-order valence-electron chi connectivity index (χ0n) is 32.4. The number of nitrogens with zero attached hydrogens (tertiary/aromatic N) is 2. The van der Waals surface area contributed by atoms with Gasteiger partial charge in [-0.15, -0.1) is 0 Å². The first-order chi connectivity index (χ1) is 29.2. The minimum Gasteiger partial charge on any atom is -0.228 e. The maximum absolute atomic E-state index is 5.33. The lowest BCUT2D eigenvalue weighted by atomic mass is 9.92. The summed E-state index contributed by atoms with van der Waals surface area (Å²) in [5.74, 6) is 0.691. The third-order valence-electron chi connectivity index (χ3n) is 11.7. The summed E-state index contributed by atoms with van der Waals surface area (Å²) in [6, 6.07) is 72.0. The predicted octanol–water partition coefficient (Wildman–Crippen LogP) is 13.2. The number of benzene rings is 9. The van der Waals surface area contributed by atoms with Crippen molar-refractivity contribution < 1.29 is 0 Å². The molecule has 59 heavy (non-hydrogen) atoms. The van der Waals surface area contributed by atoms with E-state index in [4.69, 9.17) is 9.97 Å². The summed E-state index contributed by atoms with van der Waals surface area (Å²) in [5.41, 5.74) is 11.9. The molecule has 0 unspecified atom stereocenters. The summed E-state index contributed by atoms with van der Waals surface area (Å²) in [7, 11) is 0. The Morgan fingerprint density at radius 1 is 0.356 bits per heavy atom. The minimum absolute atomic E-state index is 0.691. The molecular weight excluding hydrogens is 713 g/mol.